The zero-order valence-corrected chi connectivity index (χ0v) is 12.4. The molecule has 2 rings (SSSR count). The second-order valence-electron chi connectivity index (χ2n) is 4.19. The van der Waals surface area contributed by atoms with Crippen LogP contribution >= 0.6 is 23.4 Å². The third-order valence-electron chi connectivity index (χ3n) is 2.58. The van der Waals surface area contributed by atoms with Gasteiger partial charge in [0.1, 0.15) is 11.6 Å². The first-order valence-corrected chi connectivity index (χ1v) is 7.58. The summed E-state index contributed by atoms with van der Waals surface area (Å²) in [4.78, 5) is 0.616. The van der Waals surface area contributed by atoms with Crippen molar-refractivity contribution < 1.29 is 9.13 Å². The quantitative estimate of drug-likeness (QED) is 0.480. The number of benzene rings is 2. The smallest absolute Gasteiger partial charge is 0.138 e. The van der Waals surface area contributed by atoms with Crippen LogP contribution in [0.2, 0.25) is 5.02 Å². The summed E-state index contributed by atoms with van der Waals surface area (Å²) in [7, 11) is 0. The molecule has 0 spiro atoms. The van der Waals surface area contributed by atoms with E-state index in [1.165, 1.54) is 17.8 Å². The average Bonchev–Trinajstić information content (AvgIpc) is 2.42. The molecule has 2 N–H and O–H groups in total. The van der Waals surface area contributed by atoms with Crippen molar-refractivity contribution in [1.29, 1.82) is 0 Å². The number of anilines is 1. The molecule has 0 aliphatic rings. The minimum atomic E-state index is -0.270. The summed E-state index contributed by atoms with van der Waals surface area (Å²) < 4.78 is 19.1. The van der Waals surface area contributed by atoms with E-state index < -0.39 is 0 Å². The molecule has 0 aromatic heterocycles. The molecule has 0 saturated heterocycles. The molecule has 5 heteroatoms. The number of rotatable bonds is 6. The van der Waals surface area contributed by atoms with Gasteiger partial charge in [0.25, 0.3) is 0 Å². The Labute approximate surface area is 127 Å². The van der Waals surface area contributed by atoms with E-state index in [1.807, 2.05) is 12.1 Å². The number of hydrogen-bond acceptors (Lipinski definition) is 3. The highest BCUT2D eigenvalue weighted by atomic mass is 35.5. The van der Waals surface area contributed by atoms with Crippen molar-refractivity contribution in [2.45, 2.75) is 11.3 Å². The SMILES string of the molecule is Nc1ccc(SCCCOc2ccc(Cl)cc2)c(F)c1. The monoisotopic (exact) mass is 311 g/mol. The molecule has 2 nitrogen and oxygen atoms in total. The van der Waals surface area contributed by atoms with E-state index in [9.17, 15) is 4.39 Å². The first-order valence-electron chi connectivity index (χ1n) is 6.21. The number of nitrogen functional groups attached to an aromatic ring is 1. The van der Waals surface area contributed by atoms with Gasteiger partial charge >= 0.3 is 0 Å². The van der Waals surface area contributed by atoms with Crippen molar-refractivity contribution >= 4 is 29.1 Å². The van der Waals surface area contributed by atoms with Crippen molar-refractivity contribution in [3.8, 4) is 5.75 Å². The van der Waals surface area contributed by atoms with Crippen molar-refractivity contribution in [1.82, 2.24) is 0 Å². The van der Waals surface area contributed by atoms with Gasteiger partial charge in [-0.1, -0.05) is 11.6 Å². The predicted molar refractivity (Wildman–Crippen MR) is 83.1 cm³/mol. The Morgan fingerprint density at radius 1 is 1.15 bits per heavy atom. The number of ether oxygens (including phenoxy) is 1. The van der Waals surface area contributed by atoms with Gasteiger partial charge in [-0.25, -0.2) is 4.39 Å². The zero-order chi connectivity index (χ0) is 14.4. The molecule has 106 valence electrons. The van der Waals surface area contributed by atoms with Gasteiger partial charge in [-0.05, 0) is 48.9 Å². The Kier molecular flexibility index (Phi) is 5.56. The number of hydrogen-bond donors (Lipinski definition) is 1. The van der Waals surface area contributed by atoms with E-state index in [1.54, 1.807) is 24.3 Å². The summed E-state index contributed by atoms with van der Waals surface area (Å²) >= 11 is 7.25. The lowest BCUT2D eigenvalue weighted by atomic mass is 10.3. The van der Waals surface area contributed by atoms with Crippen molar-refractivity contribution in [3.63, 3.8) is 0 Å². The van der Waals surface area contributed by atoms with Crippen LogP contribution in [0.1, 0.15) is 6.42 Å². The molecular weight excluding hydrogens is 297 g/mol. The molecule has 0 amide bonds. The maximum Gasteiger partial charge on any atom is 0.138 e. The fourth-order valence-corrected chi connectivity index (χ4v) is 2.57. The minimum absolute atomic E-state index is 0.270. The largest absolute Gasteiger partial charge is 0.494 e. The van der Waals surface area contributed by atoms with Crippen molar-refractivity contribution in [2.75, 3.05) is 18.1 Å². The summed E-state index contributed by atoms with van der Waals surface area (Å²) in [6.07, 6.45) is 0.830. The van der Waals surface area contributed by atoms with Gasteiger partial charge in [-0.2, -0.15) is 0 Å². The molecule has 0 atom stereocenters. The zero-order valence-electron chi connectivity index (χ0n) is 10.8. The van der Waals surface area contributed by atoms with Gasteiger partial charge in [0.2, 0.25) is 0 Å². The molecule has 0 radical (unpaired) electrons. The van der Waals surface area contributed by atoms with Crippen LogP contribution < -0.4 is 10.5 Å². The Hall–Kier alpha value is -1.39. The van der Waals surface area contributed by atoms with Gasteiger partial charge in [0.05, 0.1) is 6.61 Å². The van der Waals surface area contributed by atoms with Gasteiger partial charge in [0.15, 0.2) is 0 Å². The van der Waals surface area contributed by atoms with Crippen molar-refractivity contribution in [2.24, 2.45) is 0 Å². The fourth-order valence-electron chi connectivity index (χ4n) is 1.60. The maximum atomic E-state index is 13.5. The Bertz CT molecular complexity index is 562. The molecule has 0 aliphatic carbocycles. The lowest BCUT2D eigenvalue weighted by Crippen LogP contribution is -1.98. The molecule has 20 heavy (non-hydrogen) atoms. The highest BCUT2D eigenvalue weighted by Gasteiger charge is 2.03. The lowest BCUT2D eigenvalue weighted by Gasteiger charge is -2.07. The third-order valence-corrected chi connectivity index (χ3v) is 3.97. The van der Waals surface area contributed by atoms with Crippen LogP contribution in [0, 0.1) is 5.82 Å². The van der Waals surface area contributed by atoms with Crippen LogP contribution in [0.3, 0.4) is 0 Å². The van der Waals surface area contributed by atoms with Crippen LogP contribution in [0.25, 0.3) is 0 Å². The Morgan fingerprint density at radius 3 is 2.60 bits per heavy atom. The van der Waals surface area contributed by atoms with Crippen LogP contribution in [-0.2, 0) is 0 Å². The molecule has 0 saturated carbocycles. The molecular formula is C15H15ClFNOS. The second kappa shape index (κ2) is 7.41. The first kappa shape index (κ1) is 15.0. The first-order chi connectivity index (χ1) is 9.65. The highest BCUT2D eigenvalue weighted by Crippen LogP contribution is 2.24. The molecule has 0 bridgehead atoms. The average molecular weight is 312 g/mol. The van der Waals surface area contributed by atoms with Crippen LogP contribution in [0.5, 0.6) is 5.75 Å². The Balaban J connectivity index is 1.70. The van der Waals surface area contributed by atoms with Crippen LogP contribution in [-0.4, -0.2) is 12.4 Å². The summed E-state index contributed by atoms with van der Waals surface area (Å²) in [6.45, 7) is 0.589. The second-order valence-corrected chi connectivity index (χ2v) is 5.77. The van der Waals surface area contributed by atoms with E-state index in [-0.39, 0.29) is 5.82 Å². The van der Waals surface area contributed by atoms with E-state index >= 15 is 0 Å². The third kappa shape index (κ3) is 4.62. The van der Waals surface area contributed by atoms with Gasteiger partial charge in [-0.15, -0.1) is 11.8 Å². The standard InChI is InChI=1S/C15H15ClFNOS/c16-11-2-5-13(6-3-11)19-8-1-9-20-15-7-4-12(18)10-14(15)17/h2-7,10H,1,8-9,18H2. The van der Waals surface area contributed by atoms with Gasteiger partial charge < -0.3 is 10.5 Å². The van der Waals surface area contributed by atoms with Crippen molar-refractivity contribution in [3.05, 3.63) is 53.3 Å². The fraction of sp³-hybridized carbons (Fsp3) is 0.200. The van der Waals surface area contributed by atoms with E-state index in [0.29, 0.717) is 22.2 Å². The molecule has 0 heterocycles. The van der Waals surface area contributed by atoms with Gasteiger partial charge in [-0.3, -0.25) is 0 Å². The van der Waals surface area contributed by atoms with Crippen LogP contribution in [0.15, 0.2) is 47.4 Å². The van der Waals surface area contributed by atoms with E-state index in [4.69, 9.17) is 22.1 Å². The molecule has 0 fully saturated rings. The highest BCUT2D eigenvalue weighted by molar-refractivity contribution is 7.99. The number of thioether (sulfide) groups is 1. The lowest BCUT2D eigenvalue weighted by molar-refractivity contribution is 0.318. The molecule has 2 aromatic carbocycles. The summed E-state index contributed by atoms with van der Waals surface area (Å²) in [5, 5.41) is 0.687. The van der Waals surface area contributed by atoms with E-state index in [2.05, 4.69) is 0 Å². The predicted octanol–water partition coefficient (Wildman–Crippen LogP) is 4.62. The van der Waals surface area contributed by atoms with E-state index in [0.717, 1.165) is 17.9 Å². The van der Waals surface area contributed by atoms with Gasteiger partial charge in [0, 0.05) is 21.4 Å². The number of nitrogens with two attached hydrogens (primary N) is 1. The normalized spacial score (nSPS) is 10.5. The summed E-state index contributed by atoms with van der Waals surface area (Å²) in [5.74, 6) is 1.31. The molecule has 2 aromatic rings. The summed E-state index contributed by atoms with van der Waals surface area (Å²) in [6, 6.07) is 12.0. The minimum Gasteiger partial charge on any atom is -0.494 e. The topological polar surface area (TPSA) is 35.2 Å². The Morgan fingerprint density at radius 2 is 1.90 bits per heavy atom. The molecule has 0 aliphatic heterocycles. The molecule has 0 unspecified atom stereocenters. The summed E-state index contributed by atoms with van der Waals surface area (Å²) in [5.41, 5.74) is 5.94. The maximum absolute atomic E-state index is 13.5. The van der Waals surface area contributed by atoms with Crippen LogP contribution in [0.4, 0.5) is 10.1 Å². The number of halogens is 2.